The molecule has 0 bridgehead atoms. The SMILES string of the molecule is Cc1ncc(CN2CCO[C@H](c3ccc(Nc4ncccn4)cn3)C2)s1. The molecular weight excluding hydrogens is 348 g/mol. The summed E-state index contributed by atoms with van der Waals surface area (Å²) in [5.41, 5.74) is 1.79. The fourth-order valence-corrected chi connectivity index (χ4v) is 3.72. The number of ether oxygens (including phenoxy) is 1. The first-order chi connectivity index (χ1) is 12.8. The Hall–Kier alpha value is -2.42. The van der Waals surface area contributed by atoms with Crippen molar-refractivity contribution in [3.05, 3.63) is 58.6 Å². The Morgan fingerprint density at radius 2 is 2.08 bits per heavy atom. The molecule has 1 aliphatic heterocycles. The van der Waals surface area contributed by atoms with Crippen LogP contribution < -0.4 is 5.32 Å². The van der Waals surface area contributed by atoms with E-state index in [1.54, 1.807) is 36.0 Å². The Labute approximate surface area is 156 Å². The Bertz CT molecular complexity index is 838. The van der Waals surface area contributed by atoms with E-state index in [2.05, 4.69) is 30.2 Å². The summed E-state index contributed by atoms with van der Waals surface area (Å²) >= 11 is 1.75. The molecule has 0 amide bonds. The highest BCUT2D eigenvalue weighted by Gasteiger charge is 2.23. The van der Waals surface area contributed by atoms with Gasteiger partial charge in [0.05, 0.1) is 29.2 Å². The van der Waals surface area contributed by atoms with Crippen molar-refractivity contribution < 1.29 is 4.74 Å². The molecule has 0 aliphatic carbocycles. The van der Waals surface area contributed by atoms with Gasteiger partial charge >= 0.3 is 0 Å². The lowest BCUT2D eigenvalue weighted by Gasteiger charge is -2.32. The third-order valence-electron chi connectivity index (χ3n) is 4.14. The molecule has 1 atom stereocenters. The molecule has 26 heavy (non-hydrogen) atoms. The third kappa shape index (κ3) is 4.21. The smallest absolute Gasteiger partial charge is 0.227 e. The molecule has 7 nitrogen and oxygen atoms in total. The summed E-state index contributed by atoms with van der Waals surface area (Å²) in [7, 11) is 0. The van der Waals surface area contributed by atoms with E-state index in [4.69, 9.17) is 4.74 Å². The van der Waals surface area contributed by atoms with Gasteiger partial charge in [-0.15, -0.1) is 11.3 Å². The Balaban J connectivity index is 1.38. The van der Waals surface area contributed by atoms with Crippen LogP contribution in [0, 0.1) is 6.92 Å². The van der Waals surface area contributed by atoms with E-state index in [-0.39, 0.29) is 6.10 Å². The van der Waals surface area contributed by atoms with Gasteiger partial charge in [0.15, 0.2) is 0 Å². The molecule has 134 valence electrons. The molecule has 3 aromatic rings. The Morgan fingerprint density at radius 3 is 2.81 bits per heavy atom. The fourth-order valence-electron chi connectivity index (χ4n) is 2.89. The lowest BCUT2D eigenvalue weighted by atomic mass is 10.2. The van der Waals surface area contributed by atoms with E-state index in [0.29, 0.717) is 12.6 Å². The van der Waals surface area contributed by atoms with Crippen LogP contribution in [0.15, 0.2) is 43.0 Å². The summed E-state index contributed by atoms with van der Waals surface area (Å²) in [6.45, 7) is 5.42. The van der Waals surface area contributed by atoms with Gasteiger partial charge in [0, 0.05) is 43.1 Å². The second-order valence-electron chi connectivity index (χ2n) is 6.11. The monoisotopic (exact) mass is 368 g/mol. The molecule has 8 heteroatoms. The number of thiazole rings is 1. The molecule has 1 fully saturated rings. The first kappa shape index (κ1) is 17.0. The van der Waals surface area contributed by atoms with Crippen molar-refractivity contribution in [1.82, 2.24) is 24.8 Å². The van der Waals surface area contributed by atoms with E-state index < -0.39 is 0 Å². The van der Waals surface area contributed by atoms with Crippen molar-refractivity contribution in [2.45, 2.75) is 19.6 Å². The normalized spacial score (nSPS) is 18.0. The van der Waals surface area contributed by atoms with E-state index in [0.717, 1.165) is 36.0 Å². The minimum absolute atomic E-state index is 0.0141. The minimum Gasteiger partial charge on any atom is -0.369 e. The molecule has 1 N–H and O–H groups in total. The number of aromatic nitrogens is 4. The number of hydrogen-bond donors (Lipinski definition) is 1. The summed E-state index contributed by atoms with van der Waals surface area (Å²) in [6.07, 6.45) is 7.15. The van der Waals surface area contributed by atoms with Crippen LogP contribution in [0.25, 0.3) is 0 Å². The second kappa shape index (κ2) is 7.86. The highest BCUT2D eigenvalue weighted by molar-refractivity contribution is 7.11. The van der Waals surface area contributed by atoms with Crippen molar-refractivity contribution >= 4 is 23.0 Å². The largest absolute Gasteiger partial charge is 0.369 e. The maximum Gasteiger partial charge on any atom is 0.227 e. The first-order valence-electron chi connectivity index (χ1n) is 8.51. The summed E-state index contributed by atoms with van der Waals surface area (Å²) in [5, 5.41) is 4.24. The zero-order valence-corrected chi connectivity index (χ0v) is 15.3. The van der Waals surface area contributed by atoms with Gasteiger partial charge < -0.3 is 10.1 Å². The van der Waals surface area contributed by atoms with Gasteiger partial charge in [-0.05, 0) is 25.1 Å². The van der Waals surface area contributed by atoms with Gasteiger partial charge in [-0.1, -0.05) is 0 Å². The number of pyridine rings is 1. The topological polar surface area (TPSA) is 76.1 Å². The number of nitrogens with zero attached hydrogens (tertiary/aromatic N) is 5. The molecule has 0 radical (unpaired) electrons. The maximum absolute atomic E-state index is 5.93. The summed E-state index contributed by atoms with van der Waals surface area (Å²) in [4.78, 5) is 20.9. The van der Waals surface area contributed by atoms with Crippen molar-refractivity contribution in [2.24, 2.45) is 0 Å². The second-order valence-corrected chi connectivity index (χ2v) is 7.43. The average molecular weight is 368 g/mol. The van der Waals surface area contributed by atoms with Gasteiger partial charge in [0.25, 0.3) is 0 Å². The first-order valence-corrected chi connectivity index (χ1v) is 9.33. The van der Waals surface area contributed by atoms with Crippen LogP contribution in [0.5, 0.6) is 0 Å². The van der Waals surface area contributed by atoms with Gasteiger partial charge in [-0.2, -0.15) is 0 Å². The fraction of sp³-hybridized carbons (Fsp3) is 0.333. The number of morpholine rings is 1. The number of anilines is 2. The van der Waals surface area contributed by atoms with E-state index in [1.807, 2.05) is 25.3 Å². The third-order valence-corrected chi connectivity index (χ3v) is 5.03. The van der Waals surface area contributed by atoms with Crippen LogP contribution in [0.2, 0.25) is 0 Å². The minimum atomic E-state index is -0.0141. The molecule has 4 rings (SSSR count). The molecule has 1 saturated heterocycles. The molecule has 0 aromatic carbocycles. The maximum atomic E-state index is 5.93. The van der Waals surface area contributed by atoms with Crippen molar-refractivity contribution in [1.29, 1.82) is 0 Å². The summed E-state index contributed by atoms with van der Waals surface area (Å²) in [6, 6.07) is 5.76. The van der Waals surface area contributed by atoms with Crippen LogP contribution in [-0.4, -0.2) is 44.5 Å². The lowest BCUT2D eigenvalue weighted by molar-refractivity contribution is -0.0346. The number of rotatable bonds is 5. The zero-order chi connectivity index (χ0) is 17.8. The van der Waals surface area contributed by atoms with Crippen molar-refractivity contribution in [3.63, 3.8) is 0 Å². The predicted molar refractivity (Wildman–Crippen MR) is 100 cm³/mol. The molecule has 0 spiro atoms. The quantitative estimate of drug-likeness (QED) is 0.742. The van der Waals surface area contributed by atoms with Crippen LogP contribution in [0.3, 0.4) is 0 Å². The van der Waals surface area contributed by atoms with Crippen molar-refractivity contribution in [3.8, 4) is 0 Å². The van der Waals surface area contributed by atoms with E-state index >= 15 is 0 Å². The molecule has 1 aliphatic rings. The number of hydrogen-bond acceptors (Lipinski definition) is 8. The Kier molecular flexibility index (Phi) is 5.14. The molecule has 0 unspecified atom stereocenters. The van der Waals surface area contributed by atoms with Gasteiger partial charge in [0.2, 0.25) is 5.95 Å². The van der Waals surface area contributed by atoms with E-state index in [9.17, 15) is 0 Å². The van der Waals surface area contributed by atoms with Gasteiger partial charge in [-0.25, -0.2) is 15.0 Å². The summed E-state index contributed by atoms with van der Waals surface area (Å²) < 4.78 is 5.93. The Morgan fingerprint density at radius 1 is 1.19 bits per heavy atom. The van der Waals surface area contributed by atoms with Gasteiger partial charge in [-0.3, -0.25) is 9.88 Å². The van der Waals surface area contributed by atoms with Crippen LogP contribution in [0.4, 0.5) is 11.6 Å². The summed E-state index contributed by atoms with van der Waals surface area (Å²) in [5.74, 6) is 0.557. The highest BCUT2D eigenvalue weighted by Crippen LogP contribution is 2.24. The number of aryl methyl sites for hydroxylation is 1. The lowest BCUT2D eigenvalue weighted by Crippen LogP contribution is -2.37. The number of nitrogens with one attached hydrogen (secondary N) is 1. The molecule has 3 aromatic heterocycles. The van der Waals surface area contributed by atoms with Crippen molar-refractivity contribution in [2.75, 3.05) is 25.0 Å². The molecular formula is C18H20N6OS. The van der Waals surface area contributed by atoms with Gasteiger partial charge in [0.1, 0.15) is 6.10 Å². The molecule has 0 saturated carbocycles. The van der Waals surface area contributed by atoms with E-state index in [1.165, 1.54) is 4.88 Å². The zero-order valence-electron chi connectivity index (χ0n) is 14.5. The van der Waals surface area contributed by atoms with Crippen LogP contribution in [-0.2, 0) is 11.3 Å². The average Bonchev–Trinajstić information content (AvgIpc) is 3.08. The molecule has 4 heterocycles. The standard InChI is InChI=1S/C18H20N6OS/c1-13-21-10-15(26-13)11-24-7-8-25-17(12-24)16-4-3-14(9-22-16)23-18-19-5-2-6-20-18/h2-6,9-10,17H,7-8,11-12H2,1H3,(H,19,20,23)/t17-/m0/s1. The van der Waals surface area contributed by atoms with Crippen LogP contribution in [0.1, 0.15) is 21.7 Å². The highest BCUT2D eigenvalue weighted by atomic mass is 32.1. The predicted octanol–water partition coefficient (Wildman–Crippen LogP) is 2.95. The van der Waals surface area contributed by atoms with Crippen LogP contribution >= 0.6 is 11.3 Å².